The molecule has 7 heavy (non-hydrogen) atoms. The first-order valence-corrected chi connectivity index (χ1v) is 3.09. The van der Waals surface area contributed by atoms with Crippen LogP contribution in [0.5, 0.6) is 0 Å². The first-order valence-electron chi connectivity index (χ1n) is 2.55. The normalized spacial score (nSPS) is 9.43. The summed E-state index contributed by atoms with van der Waals surface area (Å²) in [4.78, 5) is 0. The predicted molar refractivity (Wildman–Crippen MR) is 31.8 cm³/mol. The maximum Gasteiger partial charge on any atom is 0.0601 e. The van der Waals surface area contributed by atoms with Crippen LogP contribution in [0, 0.1) is 0 Å². The van der Waals surface area contributed by atoms with Crippen LogP contribution in [0.25, 0.3) is 0 Å². The van der Waals surface area contributed by atoms with Gasteiger partial charge in [0.15, 0.2) is 0 Å². The molecule has 0 aliphatic heterocycles. The van der Waals surface area contributed by atoms with Gasteiger partial charge in [0.2, 0.25) is 0 Å². The van der Waals surface area contributed by atoms with Gasteiger partial charge in [-0.3, -0.25) is 0 Å². The maximum absolute atomic E-state index is 5.31. The minimum atomic E-state index is 0.611. The smallest absolute Gasteiger partial charge is 0.0601 e. The molecule has 0 atom stereocenters. The predicted octanol–water partition coefficient (Wildman–Crippen LogP) is 1.65. The SMILES string of the molecule is CCCOCCCl. The summed E-state index contributed by atoms with van der Waals surface area (Å²) in [7, 11) is 0. The lowest BCUT2D eigenvalue weighted by atomic mass is 10.5. The van der Waals surface area contributed by atoms with Crippen LogP contribution in [0.15, 0.2) is 0 Å². The van der Waals surface area contributed by atoms with E-state index < -0.39 is 0 Å². The van der Waals surface area contributed by atoms with E-state index in [9.17, 15) is 0 Å². The van der Waals surface area contributed by atoms with Gasteiger partial charge in [-0.15, -0.1) is 11.6 Å². The van der Waals surface area contributed by atoms with Crippen molar-refractivity contribution in [3.63, 3.8) is 0 Å². The van der Waals surface area contributed by atoms with Gasteiger partial charge >= 0.3 is 0 Å². The Morgan fingerprint density at radius 3 is 2.57 bits per heavy atom. The molecule has 0 aromatic carbocycles. The Kier molecular flexibility index (Phi) is 6.47. The highest BCUT2D eigenvalue weighted by molar-refractivity contribution is 6.17. The Hall–Kier alpha value is 0.250. The summed E-state index contributed by atoms with van der Waals surface area (Å²) in [6, 6.07) is 0. The molecule has 0 saturated heterocycles. The molecule has 2 heteroatoms. The summed E-state index contributed by atoms with van der Waals surface area (Å²) in [6.45, 7) is 3.61. The molecule has 0 amide bonds. The highest BCUT2D eigenvalue weighted by Crippen LogP contribution is 1.80. The zero-order valence-corrected chi connectivity index (χ0v) is 5.37. The summed E-state index contributed by atoms with van der Waals surface area (Å²) < 4.78 is 5.00. The van der Waals surface area contributed by atoms with Crippen LogP contribution in [-0.4, -0.2) is 19.1 Å². The van der Waals surface area contributed by atoms with Crippen molar-refractivity contribution in [2.45, 2.75) is 13.3 Å². The quantitative estimate of drug-likeness (QED) is 0.407. The molecule has 1 nitrogen and oxygen atoms in total. The molecule has 0 spiro atoms. The number of hydrogen-bond acceptors (Lipinski definition) is 1. The molecule has 0 heterocycles. The first kappa shape index (κ1) is 7.25. The summed E-state index contributed by atoms with van der Waals surface area (Å²) in [5, 5.41) is 0. The molecule has 0 aliphatic carbocycles. The summed E-state index contributed by atoms with van der Waals surface area (Å²) in [5.74, 6) is 0.611. The Morgan fingerprint density at radius 1 is 1.43 bits per heavy atom. The molecule has 0 radical (unpaired) electrons. The van der Waals surface area contributed by atoms with E-state index in [0.29, 0.717) is 12.5 Å². The van der Waals surface area contributed by atoms with E-state index in [1.165, 1.54) is 0 Å². The zero-order chi connectivity index (χ0) is 5.54. The van der Waals surface area contributed by atoms with Crippen molar-refractivity contribution in [1.82, 2.24) is 0 Å². The van der Waals surface area contributed by atoms with Crippen molar-refractivity contribution in [1.29, 1.82) is 0 Å². The fourth-order valence-electron chi connectivity index (χ4n) is 0.301. The van der Waals surface area contributed by atoms with Crippen molar-refractivity contribution < 1.29 is 4.74 Å². The van der Waals surface area contributed by atoms with E-state index in [4.69, 9.17) is 16.3 Å². The minimum absolute atomic E-state index is 0.611. The van der Waals surface area contributed by atoms with Crippen LogP contribution in [0.1, 0.15) is 13.3 Å². The Morgan fingerprint density at radius 2 is 2.14 bits per heavy atom. The van der Waals surface area contributed by atoms with Crippen molar-refractivity contribution in [3.05, 3.63) is 0 Å². The third-order valence-corrected chi connectivity index (χ3v) is 0.724. The molecule has 0 bridgehead atoms. The molecule has 0 aromatic rings. The largest absolute Gasteiger partial charge is 0.380 e. The van der Waals surface area contributed by atoms with E-state index in [-0.39, 0.29) is 0 Å². The van der Waals surface area contributed by atoms with Gasteiger partial charge in [0.05, 0.1) is 6.61 Å². The van der Waals surface area contributed by atoms with E-state index in [1.807, 2.05) is 0 Å². The average molecular weight is 123 g/mol. The van der Waals surface area contributed by atoms with E-state index in [2.05, 4.69) is 6.92 Å². The summed E-state index contributed by atoms with van der Waals surface area (Å²) >= 11 is 5.31. The van der Waals surface area contributed by atoms with E-state index in [0.717, 1.165) is 13.0 Å². The Labute approximate surface area is 49.6 Å². The van der Waals surface area contributed by atoms with Crippen LogP contribution in [0.4, 0.5) is 0 Å². The topological polar surface area (TPSA) is 9.23 Å². The number of alkyl halides is 1. The van der Waals surface area contributed by atoms with Gasteiger partial charge in [-0.25, -0.2) is 0 Å². The van der Waals surface area contributed by atoms with Gasteiger partial charge in [0.25, 0.3) is 0 Å². The second-order valence-corrected chi connectivity index (χ2v) is 1.68. The van der Waals surface area contributed by atoms with Gasteiger partial charge < -0.3 is 4.74 Å². The van der Waals surface area contributed by atoms with Gasteiger partial charge in [-0.05, 0) is 6.42 Å². The van der Waals surface area contributed by atoms with Crippen molar-refractivity contribution >= 4 is 11.6 Å². The molecular formula is C5H11ClO. The second-order valence-electron chi connectivity index (χ2n) is 1.30. The lowest BCUT2D eigenvalue weighted by molar-refractivity contribution is 0.150. The van der Waals surface area contributed by atoms with Crippen LogP contribution < -0.4 is 0 Å². The number of hydrogen-bond donors (Lipinski definition) is 0. The van der Waals surface area contributed by atoms with Crippen molar-refractivity contribution in [2.75, 3.05) is 19.1 Å². The maximum atomic E-state index is 5.31. The molecule has 0 N–H and O–H groups in total. The van der Waals surface area contributed by atoms with E-state index in [1.54, 1.807) is 0 Å². The van der Waals surface area contributed by atoms with Crippen molar-refractivity contribution in [3.8, 4) is 0 Å². The summed E-state index contributed by atoms with van der Waals surface area (Å²) in [5.41, 5.74) is 0. The molecule has 0 aliphatic rings. The van der Waals surface area contributed by atoms with Crippen LogP contribution in [0.2, 0.25) is 0 Å². The van der Waals surface area contributed by atoms with Gasteiger partial charge in [0.1, 0.15) is 0 Å². The molecule has 0 unspecified atom stereocenters. The monoisotopic (exact) mass is 122 g/mol. The molecule has 0 aromatic heterocycles. The molecular weight excluding hydrogens is 112 g/mol. The van der Waals surface area contributed by atoms with Crippen LogP contribution >= 0.6 is 11.6 Å². The summed E-state index contributed by atoms with van der Waals surface area (Å²) in [6.07, 6.45) is 1.08. The van der Waals surface area contributed by atoms with Gasteiger partial charge in [0, 0.05) is 12.5 Å². The second kappa shape index (κ2) is 6.25. The number of ether oxygens (including phenoxy) is 1. The van der Waals surface area contributed by atoms with Crippen molar-refractivity contribution in [2.24, 2.45) is 0 Å². The number of halogens is 1. The molecule has 44 valence electrons. The van der Waals surface area contributed by atoms with Crippen LogP contribution in [0.3, 0.4) is 0 Å². The Bertz CT molecular complexity index is 27.3. The fraction of sp³-hybridized carbons (Fsp3) is 1.00. The van der Waals surface area contributed by atoms with Gasteiger partial charge in [-0.2, -0.15) is 0 Å². The lowest BCUT2D eigenvalue weighted by Crippen LogP contribution is -1.95. The third kappa shape index (κ3) is 6.25. The standard InChI is InChI=1S/C5H11ClO/c1-2-4-7-5-3-6/h2-5H2,1H3. The lowest BCUT2D eigenvalue weighted by Gasteiger charge is -1.94. The minimum Gasteiger partial charge on any atom is -0.380 e. The fourth-order valence-corrected chi connectivity index (χ4v) is 0.410. The average Bonchev–Trinajstić information content (AvgIpc) is 1.69. The number of rotatable bonds is 4. The van der Waals surface area contributed by atoms with Gasteiger partial charge in [-0.1, -0.05) is 6.92 Å². The third-order valence-electron chi connectivity index (χ3n) is 0.570. The Balaban J connectivity index is 2.45. The molecule has 0 rings (SSSR count). The first-order chi connectivity index (χ1) is 3.41. The van der Waals surface area contributed by atoms with Crippen LogP contribution in [-0.2, 0) is 4.74 Å². The molecule has 0 saturated carbocycles. The zero-order valence-electron chi connectivity index (χ0n) is 4.61. The highest BCUT2D eigenvalue weighted by atomic mass is 35.5. The molecule has 0 fully saturated rings. The van der Waals surface area contributed by atoms with E-state index >= 15 is 0 Å². The highest BCUT2D eigenvalue weighted by Gasteiger charge is 1.79.